The summed E-state index contributed by atoms with van der Waals surface area (Å²) >= 11 is 0. The van der Waals surface area contributed by atoms with Gasteiger partial charge >= 0.3 is 6.03 Å². The number of amides is 3. The number of carbonyl (C=O) groups excluding carboxylic acids is 2. The molecule has 2 aromatic rings. The molecule has 2 aromatic carbocycles. The first kappa shape index (κ1) is 35.4. The predicted molar refractivity (Wildman–Crippen MR) is 165 cm³/mol. The molecule has 0 spiro atoms. The highest BCUT2D eigenvalue weighted by Gasteiger charge is 2.36. The van der Waals surface area contributed by atoms with Crippen LogP contribution in [0, 0.1) is 11.6 Å². The van der Waals surface area contributed by atoms with Crippen molar-refractivity contribution in [3.05, 3.63) is 70.8 Å². The molecule has 1 saturated heterocycles. The van der Waals surface area contributed by atoms with Gasteiger partial charge in [0.25, 0.3) is 0 Å². The zero-order chi connectivity index (χ0) is 32.0. The highest BCUT2D eigenvalue weighted by molar-refractivity contribution is 5.87. The number of carbonyl (C=O) groups is 2. The molecule has 3 amide bonds. The minimum absolute atomic E-state index is 0.0338. The van der Waals surface area contributed by atoms with E-state index < -0.39 is 47.5 Å². The van der Waals surface area contributed by atoms with Crippen molar-refractivity contribution in [3.8, 4) is 0 Å². The summed E-state index contributed by atoms with van der Waals surface area (Å²) in [4.78, 5) is 26.0. The van der Waals surface area contributed by atoms with Gasteiger partial charge in [-0.2, -0.15) is 0 Å². The lowest BCUT2D eigenvalue weighted by Gasteiger charge is -2.38. The number of halogens is 2. The highest BCUT2D eigenvalue weighted by atomic mass is 19.1. The Morgan fingerprint density at radius 2 is 1.68 bits per heavy atom. The summed E-state index contributed by atoms with van der Waals surface area (Å²) in [6.45, 7) is 5.85. The fourth-order valence-electron chi connectivity index (χ4n) is 5.36. The van der Waals surface area contributed by atoms with Crippen LogP contribution in [0.15, 0.2) is 42.5 Å². The van der Waals surface area contributed by atoms with Crippen LogP contribution in [0.5, 0.6) is 0 Å². The van der Waals surface area contributed by atoms with E-state index in [4.69, 9.17) is 9.47 Å². The molecule has 0 saturated carbocycles. The third kappa shape index (κ3) is 11.4. The van der Waals surface area contributed by atoms with Gasteiger partial charge in [0, 0.05) is 39.0 Å². The van der Waals surface area contributed by atoms with Crippen molar-refractivity contribution >= 4 is 11.9 Å². The number of ether oxygens (including phenoxy) is 2. The SMILES string of the molecule is CCCCC1(CC[C@@H](NC(=O)NC)C(=O)N[C@@H](Cc2cc(F)cc(F)c2)[C@@H](O)CNCc2cccc(CC)c2)OCCCO1. The van der Waals surface area contributed by atoms with Crippen molar-refractivity contribution in [1.82, 2.24) is 21.3 Å². The number of benzene rings is 2. The molecule has 0 unspecified atom stereocenters. The maximum atomic E-state index is 14.0. The summed E-state index contributed by atoms with van der Waals surface area (Å²) in [5.74, 6) is -2.88. The van der Waals surface area contributed by atoms with Crippen LogP contribution in [0.3, 0.4) is 0 Å². The van der Waals surface area contributed by atoms with Crippen LogP contribution in [-0.2, 0) is 33.7 Å². The second kappa shape index (κ2) is 18.0. The zero-order valence-electron chi connectivity index (χ0n) is 26.1. The fourth-order valence-corrected chi connectivity index (χ4v) is 5.36. The number of hydrogen-bond acceptors (Lipinski definition) is 6. The van der Waals surface area contributed by atoms with E-state index in [1.807, 2.05) is 18.2 Å². The van der Waals surface area contributed by atoms with E-state index in [1.165, 1.54) is 24.7 Å². The van der Waals surface area contributed by atoms with Crippen LogP contribution in [-0.4, -0.2) is 67.8 Å². The first-order valence-corrected chi connectivity index (χ1v) is 15.6. The fraction of sp³-hybridized carbons (Fsp3) is 0.576. The Balaban J connectivity index is 1.75. The first-order chi connectivity index (χ1) is 21.2. The molecule has 3 atom stereocenters. The number of hydrogen-bond donors (Lipinski definition) is 5. The molecule has 0 bridgehead atoms. The Morgan fingerprint density at radius 1 is 0.977 bits per heavy atom. The van der Waals surface area contributed by atoms with Gasteiger partial charge in [0.2, 0.25) is 5.91 Å². The zero-order valence-corrected chi connectivity index (χ0v) is 26.1. The second-order valence-electron chi connectivity index (χ2n) is 11.3. The van der Waals surface area contributed by atoms with Crippen molar-refractivity contribution in [3.63, 3.8) is 0 Å². The Kier molecular flexibility index (Phi) is 14.5. The molecule has 1 aliphatic heterocycles. The smallest absolute Gasteiger partial charge is 0.315 e. The van der Waals surface area contributed by atoms with Gasteiger partial charge in [-0.1, -0.05) is 44.5 Å². The topological polar surface area (TPSA) is 121 Å². The molecule has 0 aromatic heterocycles. The molecule has 5 N–H and O–H groups in total. The van der Waals surface area contributed by atoms with E-state index in [2.05, 4.69) is 41.2 Å². The molecule has 1 heterocycles. The number of aliphatic hydroxyl groups is 1. The average Bonchev–Trinajstić information content (AvgIpc) is 3.01. The van der Waals surface area contributed by atoms with E-state index in [-0.39, 0.29) is 24.9 Å². The number of nitrogens with one attached hydrogen (secondary N) is 4. The molecular formula is C33H48F2N4O5. The lowest BCUT2D eigenvalue weighted by Crippen LogP contribution is -2.56. The Hall–Kier alpha value is -3.12. The van der Waals surface area contributed by atoms with Crippen molar-refractivity contribution in [1.29, 1.82) is 0 Å². The van der Waals surface area contributed by atoms with Gasteiger partial charge in [-0.15, -0.1) is 0 Å². The van der Waals surface area contributed by atoms with Gasteiger partial charge in [0.05, 0.1) is 25.4 Å². The summed E-state index contributed by atoms with van der Waals surface area (Å²) in [5.41, 5.74) is 2.52. The average molecular weight is 619 g/mol. The molecule has 3 rings (SSSR count). The molecule has 44 heavy (non-hydrogen) atoms. The summed E-state index contributed by atoms with van der Waals surface area (Å²) < 4.78 is 40.1. The lowest BCUT2D eigenvalue weighted by atomic mass is 9.97. The number of aliphatic hydroxyl groups excluding tert-OH is 1. The molecule has 1 aliphatic rings. The highest BCUT2D eigenvalue weighted by Crippen LogP contribution is 2.30. The second-order valence-corrected chi connectivity index (χ2v) is 11.3. The molecule has 0 aliphatic carbocycles. The van der Waals surface area contributed by atoms with Crippen LogP contribution in [0.4, 0.5) is 13.6 Å². The first-order valence-electron chi connectivity index (χ1n) is 15.6. The van der Waals surface area contributed by atoms with Crippen LogP contribution < -0.4 is 21.3 Å². The lowest BCUT2D eigenvalue weighted by molar-refractivity contribution is -0.274. The normalized spacial score (nSPS) is 16.5. The van der Waals surface area contributed by atoms with E-state index in [0.29, 0.717) is 32.6 Å². The largest absolute Gasteiger partial charge is 0.390 e. The van der Waals surface area contributed by atoms with E-state index in [0.717, 1.165) is 37.3 Å². The molecule has 11 heteroatoms. The number of aryl methyl sites for hydroxylation is 1. The van der Waals surface area contributed by atoms with Gasteiger partial charge in [-0.3, -0.25) is 4.79 Å². The number of urea groups is 1. The summed E-state index contributed by atoms with van der Waals surface area (Å²) in [5, 5.41) is 22.4. The van der Waals surface area contributed by atoms with E-state index in [9.17, 15) is 23.5 Å². The standard InChI is InChI=1S/C33H48F2N4O5/c1-4-6-12-33(43-14-8-15-44-33)13-11-28(39-32(42)36-3)31(41)38-29(19-25-17-26(34)20-27(35)18-25)30(40)22-37-21-24-10-7-9-23(5-2)16-24/h7,9-10,16-18,20,28-30,37,40H,4-6,8,11-15,19,21-22H2,1-3H3,(H,38,41)(H2,36,39,42)/t28-,29+,30+/m1/s1. The van der Waals surface area contributed by atoms with E-state index in [1.54, 1.807) is 0 Å². The third-order valence-electron chi connectivity index (χ3n) is 7.85. The minimum Gasteiger partial charge on any atom is -0.390 e. The van der Waals surface area contributed by atoms with Crippen molar-refractivity contribution in [2.45, 2.75) is 95.7 Å². The van der Waals surface area contributed by atoms with E-state index >= 15 is 0 Å². The molecule has 244 valence electrons. The van der Waals surface area contributed by atoms with Gasteiger partial charge in [-0.05, 0) is 60.9 Å². The summed E-state index contributed by atoms with van der Waals surface area (Å²) in [6, 6.07) is 8.76. The monoisotopic (exact) mass is 618 g/mol. The third-order valence-corrected chi connectivity index (χ3v) is 7.85. The maximum Gasteiger partial charge on any atom is 0.315 e. The van der Waals surface area contributed by atoms with Gasteiger partial charge in [0.1, 0.15) is 17.7 Å². The molecule has 1 fully saturated rings. The molecule has 9 nitrogen and oxygen atoms in total. The van der Waals surface area contributed by atoms with Crippen LogP contribution in [0.25, 0.3) is 0 Å². The van der Waals surface area contributed by atoms with Gasteiger partial charge < -0.3 is 35.8 Å². The van der Waals surface area contributed by atoms with Crippen molar-refractivity contribution in [2.75, 3.05) is 26.8 Å². The molecular weight excluding hydrogens is 570 g/mol. The molecule has 0 radical (unpaired) electrons. The summed E-state index contributed by atoms with van der Waals surface area (Å²) in [6.07, 6.45) is 3.63. The quantitative estimate of drug-likeness (QED) is 0.182. The van der Waals surface area contributed by atoms with Crippen LogP contribution in [0.1, 0.15) is 69.1 Å². The Morgan fingerprint density at radius 3 is 2.34 bits per heavy atom. The summed E-state index contributed by atoms with van der Waals surface area (Å²) in [7, 11) is 1.45. The number of unbranched alkanes of at least 4 members (excludes halogenated alkanes) is 1. The van der Waals surface area contributed by atoms with Gasteiger partial charge in [-0.25, -0.2) is 13.6 Å². The Bertz CT molecular complexity index is 1170. The number of rotatable bonds is 17. The maximum absolute atomic E-state index is 14.0. The van der Waals surface area contributed by atoms with Crippen LogP contribution >= 0.6 is 0 Å². The minimum atomic E-state index is -1.11. The van der Waals surface area contributed by atoms with Crippen LogP contribution in [0.2, 0.25) is 0 Å². The predicted octanol–water partition coefficient (Wildman–Crippen LogP) is 4.11. The van der Waals surface area contributed by atoms with Crippen molar-refractivity contribution in [2.24, 2.45) is 0 Å². The van der Waals surface area contributed by atoms with Crippen molar-refractivity contribution < 1.29 is 33.0 Å². The Labute approximate surface area is 259 Å². The van der Waals surface area contributed by atoms with Gasteiger partial charge in [0.15, 0.2) is 5.79 Å².